The van der Waals surface area contributed by atoms with Crippen molar-refractivity contribution in [3.8, 4) is 0 Å². The maximum absolute atomic E-state index is 12.9. The Morgan fingerprint density at radius 1 is 1.38 bits per heavy atom. The first-order valence-corrected chi connectivity index (χ1v) is 8.21. The van der Waals surface area contributed by atoms with Crippen LogP contribution in [-0.4, -0.2) is 28.7 Å². The van der Waals surface area contributed by atoms with Crippen LogP contribution in [0.15, 0.2) is 22.7 Å². The van der Waals surface area contributed by atoms with Gasteiger partial charge in [0.15, 0.2) is 0 Å². The topological polar surface area (TPSA) is 20.3 Å². The summed E-state index contributed by atoms with van der Waals surface area (Å²) in [5.74, 6) is 0.0917. The number of amides is 1. The number of rotatable bonds is 1. The fourth-order valence-corrected chi connectivity index (χ4v) is 3.35. The molecule has 1 aliphatic rings. The van der Waals surface area contributed by atoms with Gasteiger partial charge < -0.3 is 4.90 Å². The van der Waals surface area contributed by atoms with E-state index in [0.29, 0.717) is 19.0 Å². The van der Waals surface area contributed by atoms with Gasteiger partial charge in [0.25, 0.3) is 5.91 Å². The number of hydrogen-bond donors (Lipinski definition) is 0. The minimum atomic E-state index is -4.48. The van der Waals surface area contributed by atoms with Gasteiger partial charge in [0.2, 0.25) is 0 Å². The zero-order valence-electron chi connectivity index (χ0n) is 11.3. The van der Waals surface area contributed by atoms with Crippen LogP contribution in [0, 0.1) is 5.92 Å². The van der Waals surface area contributed by atoms with Crippen molar-refractivity contribution in [2.24, 2.45) is 5.92 Å². The maximum atomic E-state index is 12.9. The van der Waals surface area contributed by atoms with Crippen LogP contribution < -0.4 is 0 Å². The number of nitrogens with zero attached hydrogens (tertiary/aromatic N) is 1. The standard InChI is InChI=1S/C14H14Br2F3NO/c1-8-4-5-20(7-12(8)16)13(21)9-2-3-11(15)10(6-9)14(17,18)19/h2-3,6,8,12H,4-5,7H2,1H3. The number of alkyl halides is 4. The number of piperidine rings is 1. The minimum absolute atomic E-state index is 0.0582. The van der Waals surface area contributed by atoms with Gasteiger partial charge in [0.1, 0.15) is 0 Å². The highest BCUT2D eigenvalue weighted by molar-refractivity contribution is 9.10. The number of hydrogen-bond acceptors (Lipinski definition) is 1. The van der Waals surface area contributed by atoms with E-state index >= 15 is 0 Å². The van der Waals surface area contributed by atoms with E-state index in [-0.39, 0.29) is 20.8 Å². The lowest BCUT2D eigenvalue weighted by molar-refractivity contribution is -0.138. The molecule has 2 nitrogen and oxygen atoms in total. The van der Waals surface area contributed by atoms with Gasteiger partial charge in [-0.05, 0) is 30.5 Å². The van der Waals surface area contributed by atoms with Gasteiger partial charge in [-0.15, -0.1) is 0 Å². The average molecular weight is 429 g/mol. The third-order valence-corrected chi connectivity index (χ3v) is 5.56. The lowest BCUT2D eigenvalue weighted by atomic mass is 9.98. The summed E-state index contributed by atoms with van der Waals surface area (Å²) in [6.45, 7) is 3.17. The van der Waals surface area contributed by atoms with Crippen molar-refractivity contribution in [1.29, 1.82) is 0 Å². The lowest BCUT2D eigenvalue weighted by Gasteiger charge is -2.34. The molecule has 1 fully saturated rings. The molecule has 1 aromatic rings. The van der Waals surface area contributed by atoms with Gasteiger partial charge in [0, 0.05) is 28.0 Å². The van der Waals surface area contributed by atoms with Crippen molar-refractivity contribution in [2.75, 3.05) is 13.1 Å². The van der Waals surface area contributed by atoms with E-state index in [1.807, 2.05) is 0 Å². The van der Waals surface area contributed by atoms with Crippen LogP contribution in [0.2, 0.25) is 0 Å². The van der Waals surface area contributed by atoms with Gasteiger partial charge in [-0.25, -0.2) is 0 Å². The molecule has 0 saturated carbocycles. The number of benzene rings is 1. The first kappa shape index (κ1) is 16.8. The summed E-state index contributed by atoms with van der Waals surface area (Å²) in [6.07, 6.45) is -3.65. The molecule has 1 saturated heterocycles. The molecule has 116 valence electrons. The molecule has 0 N–H and O–H groups in total. The minimum Gasteiger partial charge on any atom is -0.338 e. The molecule has 0 bridgehead atoms. The molecule has 1 amide bonds. The van der Waals surface area contributed by atoms with Crippen LogP contribution in [0.25, 0.3) is 0 Å². The lowest BCUT2D eigenvalue weighted by Crippen LogP contribution is -2.43. The molecule has 2 atom stereocenters. The molecule has 0 aromatic heterocycles. The first-order chi connectivity index (χ1) is 9.70. The van der Waals surface area contributed by atoms with Gasteiger partial charge in [-0.2, -0.15) is 13.2 Å². The van der Waals surface area contributed by atoms with E-state index in [1.54, 1.807) is 4.90 Å². The van der Waals surface area contributed by atoms with Crippen molar-refractivity contribution >= 4 is 37.8 Å². The summed E-state index contributed by atoms with van der Waals surface area (Å²) in [5.41, 5.74) is -0.756. The van der Waals surface area contributed by atoms with Gasteiger partial charge in [-0.3, -0.25) is 4.79 Å². The Hall–Kier alpha value is -0.560. The number of carbonyl (C=O) groups is 1. The highest BCUT2D eigenvalue weighted by Crippen LogP contribution is 2.35. The molecule has 7 heteroatoms. The Morgan fingerprint density at radius 3 is 2.62 bits per heavy atom. The number of carbonyl (C=O) groups excluding carboxylic acids is 1. The Morgan fingerprint density at radius 2 is 2.05 bits per heavy atom. The van der Waals surface area contributed by atoms with Crippen molar-refractivity contribution in [1.82, 2.24) is 4.90 Å². The quantitative estimate of drug-likeness (QED) is 0.593. The van der Waals surface area contributed by atoms with Crippen molar-refractivity contribution < 1.29 is 18.0 Å². The molecule has 1 aliphatic heterocycles. The summed E-state index contributed by atoms with van der Waals surface area (Å²) >= 11 is 6.39. The molecule has 0 aliphatic carbocycles. The highest BCUT2D eigenvalue weighted by atomic mass is 79.9. The van der Waals surface area contributed by atoms with Gasteiger partial charge >= 0.3 is 6.18 Å². The normalized spacial score (nSPS) is 23.2. The molecule has 0 spiro atoms. The van der Waals surface area contributed by atoms with Crippen LogP contribution in [0.5, 0.6) is 0 Å². The van der Waals surface area contributed by atoms with Crippen molar-refractivity contribution in [2.45, 2.75) is 24.3 Å². The maximum Gasteiger partial charge on any atom is 0.417 e. The summed E-state index contributed by atoms with van der Waals surface area (Å²) in [4.78, 5) is 14.1. The Labute approximate surface area is 137 Å². The molecule has 21 heavy (non-hydrogen) atoms. The van der Waals surface area contributed by atoms with E-state index in [1.165, 1.54) is 12.1 Å². The first-order valence-electron chi connectivity index (χ1n) is 6.50. The zero-order chi connectivity index (χ0) is 15.8. The smallest absolute Gasteiger partial charge is 0.338 e. The molecule has 2 rings (SSSR count). The van der Waals surface area contributed by atoms with E-state index < -0.39 is 11.7 Å². The second-order valence-electron chi connectivity index (χ2n) is 5.23. The zero-order valence-corrected chi connectivity index (χ0v) is 14.4. The van der Waals surface area contributed by atoms with Crippen LogP contribution in [0.4, 0.5) is 13.2 Å². The molecule has 1 aromatic carbocycles. The molecule has 1 heterocycles. The third-order valence-electron chi connectivity index (χ3n) is 3.67. The van der Waals surface area contributed by atoms with E-state index in [2.05, 4.69) is 38.8 Å². The SMILES string of the molecule is CC1CCN(C(=O)c2ccc(Br)c(C(F)(F)F)c2)CC1Br. The largest absolute Gasteiger partial charge is 0.417 e. The fraction of sp³-hybridized carbons (Fsp3) is 0.500. The summed E-state index contributed by atoms with van der Waals surface area (Å²) < 4.78 is 38.6. The van der Waals surface area contributed by atoms with Crippen molar-refractivity contribution in [3.63, 3.8) is 0 Å². The summed E-state index contributed by atoms with van der Waals surface area (Å²) in [5, 5.41) is 0. The van der Waals surface area contributed by atoms with E-state index in [0.717, 1.165) is 12.5 Å². The second-order valence-corrected chi connectivity index (χ2v) is 7.26. The number of likely N-dealkylation sites (tertiary alicyclic amines) is 1. The van der Waals surface area contributed by atoms with Crippen LogP contribution in [0.3, 0.4) is 0 Å². The van der Waals surface area contributed by atoms with Crippen LogP contribution in [0.1, 0.15) is 29.3 Å². The summed E-state index contributed by atoms with van der Waals surface area (Å²) in [7, 11) is 0. The molecular weight excluding hydrogens is 415 g/mol. The predicted octanol–water partition coefficient (Wildman–Crippen LogP) is 4.71. The van der Waals surface area contributed by atoms with Gasteiger partial charge in [0.05, 0.1) is 5.56 Å². The van der Waals surface area contributed by atoms with Crippen LogP contribution >= 0.6 is 31.9 Å². The van der Waals surface area contributed by atoms with Crippen LogP contribution in [-0.2, 0) is 6.18 Å². The highest BCUT2D eigenvalue weighted by Gasteiger charge is 2.34. The Bertz CT molecular complexity index is 548. The summed E-state index contributed by atoms with van der Waals surface area (Å²) in [6, 6.07) is 3.60. The molecule has 0 radical (unpaired) electrons. The third kappa shape index (κ3) is 3.80. The molecule has 2 unspecified atom stereocenters. The monoisotopic (exact) mass is 427 g/mol. The predicted molar refractivity (Wildman–Crippen MR) is 81.5 cm³/mol. The number of halogens is 5. The van der Waals surface area contributed by atoms with E-state index in [4.69, 9.17) is 0 Å². The van der Waals surface area contributed by atoms with Crippen molar-refractivity contribution in [3.05, 3.63) is 33.8 Å². The second kappa shape index (κ2) is 6.28. The fourth-order valence-electron chi connectivity index (χ4n) is 2.26. The molecular formula is C14H14Br2F3NO. The van der Waals surface area contributed by atoms with Gasteiger partial charge in [-0.1, -0.05) is 38.8 Å². The Balaban J connectivity index is 2.24. The Kier molecular flexibility index (Phi) is 5.03. The average Bonchev–Trinajstić information content (AvgIpc) is 2.40. The van der Waals surface area contributed by atoms with E-state index in [9.17, 15) is 18.0 Å².